The van der Waals surface area contributed by atoms with Gasteiger partial charge in [0.05, 0.1) is 29.0 Å². The van der Waals surface area contributed by atoms with Gasteiger partial charge in [0.15, 0.2) is 0 Å². The van der Waals surface area contributed by atoms with Crippen LogP contribution in [0.1, 0.15) is 12.0 Å². The van der Waals surface area contributed by atoms with E-state index in [-0.39, 0.29) is 46.5 Å². The number of carbonyl (C=O) groups excluding carboxylic acids is 2. The van der Waals surface area contributed by atoms with Gasteiger partial charge in [-0.25, -0.2) is 0 Å². The lowest BCUT2D eigenvalue weighted by atomic mass is 9.85. The monoisotopic (exact) mass is 368 g/mol. The number of rotatable bonds is 2. The zero-order chi connectivity index (χ0) is 18.0. The molecule has 0 unspecified atom stereocenters. The van der Waals surface area contributed by atoms with E-state index in [0.29, 0.717) is 16.0 Å². The van der Waals surface area contributed by atoms with Crippen LogP contribution in [0.25, 0.3) is 11.0 Å². The Balaban J connectivity index is 1.49. The number of carbonyl (C=O) groups is 2. The van der Waals surface area contributed by atoms with Gasteiger partial charge in [-0.2, -0.15) is 10.1 Å². The van der Waals surface area contributed by atoms with Gasteiger partial charge in [-0.3, -0.25) is 14.4 Å². The first kappa shape index (κ1) is 15.5. The lowest BCUT2D eigenvalue weighted by Crippen LogP contribution is -2.28. The van der Waals surface area contributed by atoms with Gasteiger partial charge in [0.2, 0.25) is 5.43 Å². The number of fused-ring (bicyclic) bond motifs is 6. The minimum Gasteiger partial charge on any atom is -0.463 e. The summed E-state index contributed by atoms with van der Waals surface area (Å²) in [4.78, 5) is 37.7. The van der Waals surface area contributed by atoms with E-state index < -0.39 is 0 Å². The van der Waals surface area contributed by atoms with Gasteiger partial charge in [0.1, 0.15) is 11.8 Å². The van der Waals surface area contributed by atoms with E-state index in [4.69, 9.17) is 16.0 Å². The number of benzene rings is 1. The molecule has 26 heavy (non-hydrogen) atoms. The van der Waals surface area contributed by atoms with Crippen LogP contribution in [-0.4, -0.2) is 23.0 Å². The van der Waals surface area contributed by atoms with Gasteiger partial charge in [0.25, 0.3) is 11.8 Å². The van der Waals surface area contributed by atoms with Crippen molar-refractivity contribution in [3.63, 3.8) is 0 Å². The first-order chi connectivity index (χ1) is 12.5. The SMILES string of the molecule is O=C1[C@@H]2[C@@H](C(=O)N1/N=C\c1coc3ccc(Cl)cc3c1=O)[C@H]1C=C[C@@H]2C1. The first-order valence-corrected chi connectivity index (χ1v) is 8.73. The smallest absolute Gasteiger partial charge is 0.254 e. The maximum absolute atomic E-state index is 12.6. The third-order valence-corrected chi connectivity index (χ3v) is 5.76. The summed E-state index contributed by atoms with van der Waals surface area (Å²) in [7, 11) is 0. The summed E-state index contributed by atoms with van der Waals surface area (Å²) in [6.45, 7) is 0. The Kier molecular flexibility index (Phi) is 3.21. The number of nitrogens with zero attached hydrogens (tertiary/aromatic N) is 2. The van der Waals surface area contributed by atoms with Gasteiger partial charge >= 0.3 is 0 Å². The second-order valence-electron chi connectivity index (χ2n) is 6.89. The standard InChI is InChI=1S/C19H13ClN2O4/c20-12-3-4-14-13(6-12)17(23)11(8-26-14)7-21-22-18(24)15-9-1-2-10(5-9)16(15)19(22)25/h1-4,6-10,15-16H,5H2/b21-7-/t9-,10+,15-,16-/m0/s1. The zero-order valence-corrected chi connectivity index (χ0v) is 14.2. The summed E-state index contributed by atoms with van der Waals surface area (Å²) in [5.41, 5.74) is 0.235. The molecule has 130 valence electrons. The molecule has 3 aliphatic rings. The summed E-state index contributed by atoms with van der Waals surface area (Å²) in [5.74, 6) is -0.977. The number of amides is 2. The fourth-order valence-electron chi connectivity index (χ4n) is 4.33. The Morgan fingerprint density at radius 2 is 1.81 bits per heavy atom. The Morgan fingerprint density at radius 3 is 2.50 bits per heavy atom. The average Bonchev–Trinajstić information content (AvgIpc) is 3.30. The van der Waals surface area contributed by atoms with Crippen molar-refractivity contribution in [3.8, 4) is 0 Å². The number of allylic oxidation sites excluding steroid dienone is 2. The highest BCUT2D eigenvalue weighted by molar-refractivity contribution is 6.31. The molecule has 5 rings (SSSR count). The normalized spacial score (nSPS) is 29.5. The van der Waals surface area contributed by atoms with Gasteiger partial charge in [-0.15, -0.1) is 0 Å². The molecule has 4 atom stereocenters. The molecule has 2 amide bonds. The van der Waals surface area contributed by atoms with Crippen molar-refractivity contribution in [2.24, 2.45) is 28.8 Å². The van der Waals surface area contributed by atoms with Crippen molar-refractivity contribution >= 4 is 40.6 Å². The third kappa shape index (κ3) is 2.05. The van der Waals surface area contributed by atoms with Crippen molar-refractivity contribution in [1.29, 1.82) is 0 Å². The van der Waals surface area contributed by atoms with E-state index in [1.54, 1.807) is 12.1 Å². The summed E-state index contributed by atoms with van der Waals surface area (Å²) >= 11 is 5.93. The Hall–Kier alpha value is -2.73. The Morgan fingerprint density at radius 1 is 1.12 bits per heavy atom. The number of hydrazone groups is 1. The van der Waals surface area contributed by atoms with Crippen LogP contribution in [0.5, 0.6) is 0 Å². The summed E-state index contributed by atoms with van der Waals surface area (Å²) < 4.78 is 5.42. The fraction of sp³-hybridized carbons (Fsp3) is 0.263. The third-order valence-electron chi connectivity index (χ3n) is 5.52. The highest BCUT2D eigenvalue weighted by Gasteiger charge is 2.59. The molecular weight excluding hydrogens is 356 g/mol. The van der Waals surface area contributed by atoms with E-state index in [9.17, 15) is 14.4 Å². The van der Waals surface area contributed by atoms with E-state index in [2.05, 4.69) is 5.10 Å². The molecule has 1 aromatic carbocycles. The summed E-state index contributed by atoms with van der Waals surface area (Å²) in [6.07, 6.45) is 7.37. The van der Waals surface area contributed by atoms with Crippen LogP contribution in [0.3, 0.4) is 0 Å². The maximum atomic E-state index is 12.6. The molecule has 0 spiro atoms. The predicted molar refractivity (Wildman–Crippen MR) is 94.7 cm³/mol. The number of hydrogen-bond donors (Lipinski definition) is 0. The molecule has 2 bridgehead atoms. The van der Waals surface area contributed by atoms with Crippen molar-refractivity contribution in [2.75, 3.05) is 0 Å². The van der Waals surface area contributed by atoms with Crippen LogP contribution in [0, 0.1) is 23.7 Å². The minimum atomic E-state index is -0.321. The van der Waals surface area contributed by atoms with Crippen LogP contribution >= 0.6 is 11.6 Å². The highest BCUT2D eigenvalue weighted by Crippen LogP contribution is 2.52. The van der Waals surface area contributed by atoms with Gasteiger partial charge in [-0.05, 0) is 36.5 Å². The van der Waals surface area contributed by atoms with E-state index in [1.165, 1.54) is 18.5 Å². The van der Waals surface area contributed by atoms with Gasteiger partial charge in [-0.1, -0.05) is 23.8 Å². The second-order valence-corrected chi connectivity index (χ2v) is 7.33. The van der Waals surface area contributed by atoms with Crippen molar-refractivity contribution in [1.82, 2.24) is 5.01 Å². The van der Waals surface area contributed by atoms with Crippen LogP contribution in [0.2, 0.25) is 5.02 Å². The first-order valence-electron chi connectivity index (χ1n) is 8.36. The lowest BCUT2D eigenvalue weighted by Gasteiger charge is -2.13. The van der Waals surface area contributed by atoms with Crippen LogP contribution < -0.4 is 5.43 Å². The molecule has 2 fully saturated rings. The van der Waals surface area contributed by atoms with Crippen LogP contribution in [0.15, 0.2) is 50.9 Å². The largest absolute Gasteiger partial charge is 0.463 e. The van der Waals surface area contributed by atoms with Crippen LogP contribution in [-0.2, 0) is 9.59 Å². The molecule has 2 aliphatic carbocycles. The molecular formula is C19H13ClN2O4. The molecule has 1 aromatic heterocycles. The van der Waals surface area contributed by atoms with Crippen molar-refractivity contribution < 1.29 is 14.0 Å². The molecule has 1 saturated carbocycles. The molecule has 2 heterocycles. The molecule has 6 nitrogen and oxygen atoms in total. The van der Waals surface area contributed by atoms with Gasteiger partial charge < -0.3 is 4.42 Å². The lowest BCUT2D eigenvalue weighted by molar-refractivity contribution is -0.140. The summed E-state index contributed by atoms with van der Waals surface area (Å²) in [6, 6.07) is 4.75. The number of halogens is 1. The minimum absolute atomic E-state index is 0.120. The van der Waals surface area contributed by atoms with Crippen molar-refractivity contribution in [2.45, 2.75) is 6.42 Å². The fourth-order valence-corrected chi connectivity index (χ4v) is 4.50. The molecule has 1 aliphatic heterocycles. The number of imide groups is 1. The van der Waals surface area contributed by atoms with E-state index >= 15 is 0 Å². The van der Waals surface area contributed by atoms with Crippen molar-refractivity contribution in [3.05, 3.63) is 57.4 Å². The van der Waals surface area contributed by atoms with Gasteiger partial charge in [0, 0.05) is 5.02 Å². The maximum Gasteiger partial charge on any atom is 0.254 e. The topological polar surface area (TPSA) is 80.0 Å². The number of hydrogen-bond acceptors (Lipinski definition) is 5. The average molecular weight is 369 g/mol. The molecule has 7 heteroatoms. The summed E-state index contributed by atoms with van der Waals surface area (Å²) in [5, 5.41) is 5.65. The Labute approximate surface area is 152 Å². The van der Waals surface area contributed by atoms with E-state index in [1.807, 2.05) is 12.2 Å². The Bertz CT molecular complexity index is 1060. The molecule has 1 saturated heterocycles. The van der Waals surface area contributed by atoms with E-state index in [0.717, 1.165) is 11.4 Å². The molecule has 0 N–H and O–H groups in total. The molecule has 2 aromatic rings. The van der Waals surface area contributed by atoms with Crippen LogP contribution in [0.4, 0.5) is 0 Å². The second kappa shape index (κ2) is 5.38. The quantitative estimate of drug-likeness (QED) is 0.463. The predicted octanol–water partition coefficient (Wildman–Crippen LogP) is 2.59. The highest BCUT2D eigenvalue weighted by atomic mass is 35.5. The zero-order valence-electron chi connectivity index (χ0n) is 13.5. The molecule has 0 radical (unpaired) electrons.